The molecule has 0 heterocycles. The van der Waals surface area contributed by atoms with E-state index < -0.39 is 6.09 Å². The summed E-state index contributed by atoms with van der Waals surface area (Å²) < 4.78 is 0. The Morgan fingerprint density at radius 1 is 1.10 bits per heavy atom. The predicted octanol–water partition coefficient (Wildman–Crippen LogP) is 3.97. The van der Waals surface area contributed by atoms with Crippen LogP contribution in [0, 0.1) is 0 Å². The van der Waals surface area contributed by atoms with Gasteiger partial charge < -0.3 is 0 Å². The standard InChI is InChI=1S/C16H11NO3S/c18-16(17-10-21)20-19-9-15-13-7-3-1-5-11(13)12-6-2-4-8-14(12)15/h1-8,15H,9H2. The molecule has 2 aromatic carbocycles. The van der Waals surface area contributed by atoms with Gasteiger partial charge in [0.25, 0.3) is 0 Å². The van der Waals surface area contributed by atoms with Crippen LogP contribution in [0.4, 0.5) is 4.79 Å². The fraction of sp³-hybridized carbons (Fsp3) is 0.125. The van der Waals surface area contributed by atoms with E-state index in [0.717, 1.165) is 11.1 Å². The summed E-state index contributed by atoms with van der Waals surface area (Å²) in [5, 5.41) is 1.93. The molecule has 5 heteroatoms. The molecular weight excluding hydrogens is 286 g/mol. The molecule has 21 heavy (non-hydrogen) atoms. The molecule has 0 N–H and O–H groups in total. The highest BCUT2D eigenvalue weighted by Crippen LogP contribution is 2.44. The van der Waals surface area contributed by atoms with Crippen molar-refractivity contribution in [1.29, 1.82) is 0 Å². The molecule has 0 fully saturated rings. The van der Waals surface area contributed by atoms with Crippen LogP contribution < -0.4 is 0 Å². The number of thiocarbonyl (C=S) groups is 1. The molecule has 0 saturated carbocycles. The van der Waals surface area contributed by atoms with Crippen LogP contribution in [0.25, 0.3) is 11.1 Å². The fourth-order valence-corrected chi connectivity index (χ4v) is 2.72. The van der Waals surface area contributed by atoms with Crippen molar-refractivity contribution in [3.05, 3.63) is 59.7 Å². The van der Waals surface area contributed by atoms with Gasteiger partial charge >= 0.3 is 6.09 Å². The van der Waals surface area contributed by atoms with E-state index in [0.29, 0.717) is 0 Å². The van der Waals surface area contributed by atoms with Crippen LogP contribution in [-0.2, 0) is 9.78 Å². The summed E-state index contributed by atoms with van der Waals surface area (Å²) in [5.41, 5.74) is 4.69. The smallest absolute Gasteiger partial charge is 0.273 e. The average molecular weight is 297 g/mol. The minimum atomic E-state index is -0.899. The first-order valence-corrected chi connectivity index (χ1v) is 6.81. The maximum Gasteiger partial charge on any atom is 0.473 e. The molecule has 2 aromatic rings. The average Bonchev–Trinajstić information content (AvgIpc) is 2.83. The van der Waals surface area contributed by atoms with Gasteiger partial charge in [0.15, 0.2) is 0 Å². The minimum absolute atomic E-state index is 0.0293. The van der Waals surface area contributed by atoms with E-state index in [1.807, 2.05) is 29.4 Å². The Morgan fingerprint density at radius 3 is 2.24 bits per heavy atom. The molecule has 0 bridgehead atoms. The third-order valence-electron chi connectivity index (χ3n) is 3.46. The SMILES string of the molecule is O=C(N=C=S)OOCC1c2ccccc2-c2ccccc21. The number of hydrogen-bond donors (Lipinski definition) is 0. The Hall–Kier alpha value is -2.33. The van der Waals surface area contributed by atoms with E-state index >= 15 is 0 Å². The van der Waals surface area contributed by atoms with Crippen LogP contribution in [0.3, 0.4) is 0 Å². The highest BCUT2D eigenvalue weighted by atomic mass is 32.1. The summed E-state index contributed by atoms with van der Waals surface area (Å²) in [6.45, 7) is 0.229. The van der Waals surface area contributed by atoms with Crippen molar-refractivity contribution < 1.29 is 14.6 Å². The van der Waals surface area contributed by atoms with Crippen molar-refractivity contribution in [2.45, 2.75) is 5.92 Å². The molecule has 1 aliphatic carbocycles. The molecule has 3 rings (SSSR count). The number of amides is 1. The van der Waals surface area contributed by atoms with Gasteiger partial charge in [-0.25, -0.2) is 4.79 Å². The molecule has 0 saturated heterocycles. The van der Waals surface area contributed by atoms with Crippen molar-refractivity contribution >= 4 is 23.5 Å². The molecule has 1 amide bonds. The Kier molecular flexibility index (Phi) is 3.88. The van der Waals surface area contributed by atoms with Gasteiger partial charge in [0.1, 0.15) is 6.61 Å². The summed E-state index contributed by atoms with van der Waals surface area (Å²) in [6, 6.07) is 16.3. The molecule has 0 radical (unpaired) electrons. The van der Waals surface area contributed by atoms with Gasteiger partial charge in [-0.2, -0.15) is 4.89 Å². The summed E-state index contributed by atoms with van der Waals surface area (Å²) in [6.07, 6.45) is -0.899. The number of aliphatic imine (C=N–C) groups is 1. The number of isothiocyanates is 1. The second-order valence-corrected chi connectivity index (χ2v) is 4.75. The molecule has 0 atom stereocenters. The number of nitrogens with zero attached hydrogens (tertiary/aromatic N) is 1. The zero-order valence-electron chi connectivity index (χ0n) is 11.0. The highest BCUT2D eigenvalue weighted by molar-refractivity contribution is 7.78. The van der Waals surface area contributed by atoms with Crippen molar-refractivity contribution in [3.63, 3.8) is 0 Å². The van der Waals surface area contributed by atoms with Gasteiger partial charge in [-0.15, -0.1) is 4.99 Å². The summed E-state index contributed by atoms with van der Waals surface area (Å²) >= 11 is 4.32. The van der Waals surface area contributed by atoms with E-state index in [-0.39, 0.29) is 12.5 Å². The van der Waals surface area contributed by atoms with Gasteiger partial charge in [0.05, 0.1) is 5.16 Å². The normalized spacial score (nSPS) is 12.2. The van der Waals surface area contributed by atoms with Crippen LogP contribution >= 0.6 is 12.2 Å². The third-order valence-corrected chi connectivity index (χ3v) is 3.56. The van der Waals surface area contributed by atoms with Crippen LogP contribution in [0.5, 0.6) is 0 Å². The molecule has 1 aliphatic rings. The van der Waals surface area contributed by atoms with Crippen molar-refractivity contribution in [1.82, 2.24) is 0 Å². The molecular formula is C16H11NO3S. The number of benzene rings is 2. The van der Waals surface area contributed by atoms with E-state index in [1.54, 1.807) is 0 Å². The summed E-state index contributed by atoms with van der Waals surface area (Å²) in [7, 11) is 0. The number of hydrogen-bond acceptors (Lipinski definition) is 4. The van der Waals surface area contributed by atoms with Gasteiger partial charge in [0, 0.05) is 5.92 Å². The Labute approximate surface area is 127 Å². The van der Waals surface area contributed by atoms with Crippen LogP contribution in [-0.4, -0.2) is 17.9 Å². The Bertz CT molecular complexity index is 692. The zero-order chi connectivity index (χ0) is 14.7. The van der Waals surface area contributed by atoms with E-state index in [9.17, 15) is 4.79 Å². The first-order valence-electron chi connectivity index (χ1n) is 6.41. The van der Waals surface area contributed by atoms with Crippen LogP contribution in [0.2, 0.25) is 0 Å². The van der Waals surface area contributed by atoms with E-state index in [4.69, 9.17) is 4.89 Å². The van der Waals surface area contributed by atoms with Crippen molar-refractivity contribution in [3.8, 4) is 11.1 Å². The molecule has 104 valence electrons. The monoisotopic (exact) mass is 297 g/mol. The van der Waals surface area contributed by atoms with E-state index in [1.165, 1.54) is 11.1 Å². The van der Waals surface area contributed by atoms with Gasteiger partial charge in [-0.05, 0) is 34.5 Å². The number of carbonyl (C=O) groups is 1. The summed E-state index contributed by atoms with van der Waals surface area (Å²) in [5.74, 6) is 0.0293. The second kappa shape index (κ2) is 5.97. The maximum atomic E-state index is 11.1. The highest BCUT2D eigenvalue weighted by Gasteiger charge is 2.28. The fourth-order valence-electron chi connectivity index (χ4n) is 2.65. The minimum Gasteiger partial charge on any atom is -0.273 e. The molecule has 4 nitrogen and oxygen atoms in total. The Morgan fingerprint density at radius 2 is 1.67 bits per heavy atom. The zero-order valence-corrected chi connectivity index (χ0v) is 11.8. The second-order valence-electron chi connectivity index (χ2n) is 4.56. The lowest BCUT2D eigenvalue weighted by Crippen LogP contribution is -2.09. The largest absolute Gasteiger partial charge is 0.473 e. The lowest BCUT2D eigenvalue weighted by Gasteiger charge is -2.12. The summed E-state index contributed by atoms with van der Waals surface area (Å²) in [4.78, 5) is 23.8. The van der Waals surface area contributed by atoms with Crippen LogP contribution in [0.1, 0.15) is 17.0 Å². The lowest BCUT2D eigenvalue weighted by atomic mass is 9.98. The number of carbonyl (C=O) groups excluding carboxylic acids is 1. The van der Waals surface area contributed by atoms with Gasteiger partial charge in [-0.3, -0.25) is 4.89 Å². The maximum absolute atomic E-state index is 11.1. The molecule has 0 aliphatic heterocycles. The molecule has 0 aromatic heterocycles. The lowest BCUT2D eigenvalue weighted by molar-refractivity contribution is -0.237. The van der Waals surface area contributed by atoms with E-state index in [2.05, 4.69) is 46.4 Å². The van der Waals surface area contributed by atoms with Gasteiger partial charge in [-0.1, -0.05) is 48.5 Å². The molecule has 0 unspecified atom stereocenters. The number of fused-ring (bicyclic) bond motifs is 3. The predicted molar refractivity (Wildman–Crippen MR) is 81.2 cm³/mol. The third kappa shape index (κ3) is 2.62. The molecule has 0 spiro atoms. The number of rotatable bonds is 3. The van der Waals surface area contributed by atoms with Crippen LogP contribution in [0.15, 0.2) is 53.5 Å². The topological polar surface area (TPSA) is 47.9 Å². The van der Waals surface area contributed by atoms with Crippen molar-refractivity contribution in [2.24, 2.45) is 4.99 Å². The Balaban J connectivity index is 1.82. The van der Waals surface area contributed by atoms with Gasteiger partial charge in [0.2, 0.25) is 0 Å². The first kappa shape index (κ1) is 13.6. The van der Waals surface area contributed by atoms with Crippen molar-refractivity contribution in [2.75, 3.05) is 6.61 Å². The first-order chi connectivity index (χ1) is 10.3. The quantitative estimate of drug-likeness (QED) is 0.372.